The van der Waals surface area contributed by atoms with E-state index >= 15 is 0 Å². The van der Waals surface area contributed by atoms with Crippen LogP contribution in [0.25, 0.3) is 0 Å². The van der Waals surface area contributed by atoms with Gasteiger partial charge in [-0.1, -0.05) is 52.8 Å². The monoisotopic (exact) mass is 192 g/mol. The molecule has 80 valence electrons. The highest BCUT2D eigenvalue weighted by Gasteiger charge is 2.01. The first-order valence-corrected chi connectivity index (χ1v) is 5.74. The average Bonchev–Trinajstić information content (AvgIpc) is 2.21. The molecule has 1 rings (SSSR count). The Morgan fingerprint density at radius 2 is 1.71 bits per heavy atom. The Hall–Kier alpha value is -0.780. The van der Waals surface area contributed by atoms with Gasteiger partial charge in [0.2, 0.25) is 0 Å². The maximum absolute atomic E-state index is 2.33. The van der Waals surface area contributed by atoms with Crippen molar-refractivity contribution in [2.24, 2.45) is 0 Å². The molecule has 14 heavy (non-hydrogen) atoms. The Morgan fingerprint density at radius 3 is 2.14 bits per heavy atom. The summed E-state index contributed by atoms with van der Waals surface area (Å²) in [6.45, 7) is 12.9. The Kier molecular flexibility index (Phi) is 6.27. The molecule has 0 saturated heterocycles. The highest BCUT2D eigenvalue weighted by atomic mass is 14.1. The normalized spacial score (nSPS) is 9.64. The van der Waals surface area contributed by atoms with Crippen molar-refractivity contribution in [2.75, 3.05) is 0 Å². The third-order valence-corrected chi connectivity index (χ3v) is 2.42. The zero-order valence-electron chi connectivity index (χ0n) is 10.5. The molecule has 0 atom stereocenters. The summed E-state index contributed by atoms with van der Waals surface area (Å²) in [5, 5.41) is 0. The van der Waals surface area contributed by atoms with Gasteiger partial charge in [-0.2, -0.15) is 0 Å². The van der Waals surface area contributed by atoms with Crippen molar-refractivity contribution in [1.82, 2.24) is 0 Å². The third-order valence-electron chi connectivity index (χ3n) is 2.42. The smallest absolute Gasteiger partial charge is 0.0219 e. The van der Waals surface area contributed by atoms with Gasteiger partial charge < -0.3 is 0 Å². The Bertz CT molecular complexity index is 259. The fourth-order valence-corrected chi connectivity index (χ4v) is 1.43. The number of hydrogen-bond acceptors (Lipinski definition) is 0. The van der Waals surface area contributed by atoms with Crippen LogP contribution >= 0.6 is 0 Å². The van der Waals surface area contributed by atoms with Crippen molar-refractivity contribution in [3.8, 4) is 0 Å². The van der Waals surface area contributed by atoms with Crippen molar-refractivity contribution >= 4 is 0 Å². The topological polar surface area (TPSA) is 0 Å². The minimum atomic E-state index is 0.649. The molecule has 0 saturated carbocycles. The molecule has 0 nitrogen and oxygen atoms in total. The van der Waals surface area contributed by atoms with E-state index in [0.29, 0.717) is 5.92 Å². The summed E-state index contributed by atoms with van der Waals surface area (Å²) in [7, 11) is 0. The van der Waals surface area contributed by atoms with E-state index in [-0.39, 0.29) is 0 Å². The fourth-order valence-electron chi connectivity index (χ4n) is 1.43. The van der Waals surface area contributed by atoms with Gasteiger partial charge >= 0.3 is 0 Å². The molecule has 0 aromatic heterocycles. The predicted molar refractivity (Wildman–Crippen MR) is 66.0 cm³/mol. The van der Waals surface area contributed by atoms with Crippen LogP contribution in [0.2, 0.25) is 0 Å². The maximum Gasteiger partial charge on any atom is -0.0219 e. The van der Waals surface area contributed by atoms with Crippen molar-refractivity contribution in [2.45, 2.75) is 53.9 Å². The molecule has 0 amide bonds. The number of benzene rings is 1. The van der Waals surface area contributed by atoms with Crippen LogP contribution in [0.4, 0.5) is 0 Å². The molecule has 1 aromatic rings. The third kappa shape index (κ3) is 3.53. The Balaban J connectivity index is 0.000000791. The molecule has 0 heteroatoms. The van der Waals surface area contributed by atoms with E-state index in [4.69, 9.17) is 0 Å². The van der Waals surface area contributed by atoms with Crippen LogP contribution in [-0.4, -0.2) is 0 Å². The lowest BCUT2D eigenvalue weighted by atomic mass is 9.97. The summed E-state index contributed by atoms with van der Waals surface area (Å²) in [6, 6.07) is 6.80. The van der Waals surface area contributed by atoms with Gasteiger partial charge in [0.1, 0.15) is 0 Å². The second-order valence-corrected chi connectivity index (χ2v) is 3.69. The summed E-state index contributed by atoms with van der Waals surface area (Å²) in [6.07, 6.45) is 1.15. The molecule has 0 heterocycles. The van der Waals surface area contributed by atoms with Gasteiger partial charge in [0.15, 0.2) is 0 Å². The van der Waals surface area contributed by atoms with Crippen LogP contribution < -0.4 is 0 Å². The van der Waals surface area contributed by atoms with Gasteiger partial charge in [-0.3, -0.25) is 0 Å². The lowest BCUT2D eigenvalue weighted by Gasteiger charge is -2.09. The molecule has 0 N–H and O–H groups in total. The second-order valence-electron chi connectivity index (χ2n) is 3.69. The molecule has 0 fully saturated rings. The molecule has 0 aliphatic heterocycles. The van der Waals surface area contributed by atoms with E-state index in [0.717, 1.165) is 6.42 Å². The summed E-state index contributed by atoms with van der Waals surface area (Å²) >= 11 is 0. The minimum absolute atomic E-state index is 0.649. The van der Waals surface area contributed by atoms with Crippen LogP contribution in [-0.2, 0) is 6.42 Å². The van der Waals surface area contributed by atoms with E-state index in [1.54, 1.807) is 0 Å². The van der Waals surface area contributed by atoms with Crippen molar-refractivity contribution in [3.05, 3.63) is 34.9 Å². The predicted octanol–water partition coefficient (Wildman–Crippen LogP) is 4.71. The van der Waals surface area contributed by atoms with Gasteiger partial charge in [0.05, 0.1) is 0 Å². The van der Waals surface area contributed by atoms with E-state index in [2.05, 4.69) is 45.9 Å². The van der Waals surface area contributed by atoms with E-state index < -0.39 is 0 Å². The van der Waals surface area contributed by atoms with Crippen LogP contribution in [0, 0.1) is 6.92 Å². The molecular formula is C14H24. The zero-order chi connectivity index (χ0) is 11.1. The zero-order valence-corrected chi connectivity index (χ0v) is 10.5. The van der Waals surface area contributed by atoms with Crippen molar-refractivity contribution < 1.29 is 0 Å². The summed E-state index contributed by atoms with van der Waals surface area (Å²) in [5.74, 6) is 0.649. The second kappa shape index (κ2) is 6.64. The molecule has 0 radical (unpaired) electrons. The quantitative estimate of drug-likeness (QED) is 0.636. The average molecular weight is 192 g/mol. The van der Waals surface area contributed by atoms with E-state index in [9.17, 15) is 0 Å². The number of rotatable bonds is 2. The maximum atomic E-state index is 2.33. The first-order valence-electron chi connectivity index (χ1n) is 5.74. The largest absolute Gasteiger partial charge is 0.0683 e. The molecule has 1 aromatic carbocycles. The lowest BCUT2D eigenvalue weighted by Crippen LogP contribution is -1.92. The van der Waals surface area contributed by atoms with Gasteiger partial charge in [-0.25, -0.2) is 0 Å². The molecule has 0 bridgehead atoms. The van der Waals surface area contributed by atoms with Gasteiger partial charge in [0.25, 0.3) is 0 Å². The molecular weight excluding hydrogens is 168 g/mol. The molecule has 0 unspecified atom stereocenters. The van der Waals surface area contributed by atoms with Crippen molar-refractivity contribution in [3.63, 3.8) is 0 Å². The number of aryl methyl sites for hydroxylation is 2. The molecule has 0 spiro atoms. The highest BCUT2D eigenvalue weighted by molar-refractivity contribution is 5.32. The first-order chi connectivity index (χ1) is 6.65. The van der Waals surface area contributed by atoms with E-state index in [1.807, 2.05) is 13.8 Å². The van der Waals surface area contributed by atoms with Crippen LogP contribution in [0.1, 0.15) is 57.2 Å². The summed E-state index contributed by atoms with van der Waals surface area (Å²) < 4.78 is 0. The number of hydrogen-bond donors (Lipinski definition) is 0. The van der Waals surface area contributed by atoms with E-state index in [1.165, 1.54) is 16.7 Å². The molecule has 0 aliphatic carbocycles. The van der Waals surface area contributed by atoms with Crippen LogP contribution in [0.5, 0.6) is 0 Å². The van der Waals surface area contributed by atoms with Gasteiger partial charge in [0, 0.05) is 0 Å². The lowest BCUT2D eigenvalue weighted by molar-refractivity contribution is 0.861. The SMILES string of the molecule is CC.CCc1cc(C(C)C)ccc1C. The Morgan fingerprint density at radius 1 is 1.14 bits per heavy atom. The summed E-state index contributed by atoms with van der Waals surface area (Å²) in [5.41, 5.74) is 4.36. The van der Waals surface area contributed by atoms with Crippen LogP contribution in [0.3, 0.4) is 0 Å². The Labute approximate surface area is 89.4 Å². The standard InChI is InChI=1S/C12H18.C2H6/c1-5-11-8-12(9(2)3)7-6-10(11)4;1-2/h6-9H,5H2,1-4H3;1-2H3. The fraction of sp³-hybridized carbons (Fsp3) is 0.571. The van der Waals surface area contributed by atoms with Crippen molar-refractivity contribution in [1.29, 1.82) is 0 Å². The summed E-state index contributed by atoms with van der Waals surface area (Å²) in [4.78, 5) is 0. The highest BCUT2D eigenvalue weighted by Crippen LogP contribution is 2.18. The minimum Gasteiger partial charge on any atom is -0.0683 e. The van der Waals surface area contributed by atoms with Gasteiger partial charge in [-0.05, 0) is 36.0 Å². The van der Waals surface area contributed by atoms with Crippen LogP contribution in [0.15, 0.2) is 18.2 Å². The first kappa shape index (κ1) is 13.2. The molecule has 0 aliphatic rings. The van der Waals surface area contributed by atoms with Gasteiger partial charge in [-0.15, -0.1) is 0 Å².